The van der Waals surface area contributed by atoms with Gasteiger partial charge in [-0.3, -0.25) is 15.0 Å². The smallest absolute Gasteiger partial charge is 0.259 e. The third-order valence-electron chi connectivity index (χ3n) is 5.57. The number of hydrogen-bond acceptors (Lipinski definition) is 7. The maximum absolute atomic E-state index is 12.8. The maximum Gasteiger partial charge on any atom is 0.259 e. The molecule has 1 fully saturated rings. The normalized spacial score (nSPS) is 14.5. The minimum Gasteiger partial charge on any atom is -0.491 e. The number of ether oxygens (including phenoxy) is 2. The number of rotatable bonds is 7. The molecule has 0 atom stereocenters. The van der Waals surface area contributed by atoms with Crippen molar-refractivity contribution < 1.29 is 14.3 Å². The number of aryl methyl sites for hydroxylation is 1. The van der Waals surface area contributed by atoms with Crippen LogP contribution in [0.5, 0.6) is 5.75 Å². The second-order valence-corrected chi connectivity index (χ2v) is 8.78. The third-order valence-corrected chi connectivity index (χ3v) is 6.26. The summed E-state index contributed by atoms with van der Waals surface area (Å²) in [6.07, 6.45) is 1.66. The van der Waals surface area contributed by atoms with Crippen LogP contribution in [0.25, 0.3) is 22.4 Å². The van der Waals surface area contributed by atoms with E-state index in [1.54, 1.807) is 12.3 Å². The Labute approximate surface area is 195 Å². The molecule has 0 unspecified atom stereocenters. The average Bonchev–Trinajstić information content (AvgIpc) is 3.50. The van der Waals surface area contributed by atoms with Crippen molar-refractivity contribution in [2.75, 3.05) is 44.8 Å². The van der Waals surface area contributed by atoms with Gasteiger partial charge in [-0.2, -0.15) is 0 Å². The van der Waals surface area contributed by atoms with Gasteiger partial charge in [-0.25, -0.2) is 9.97 Å². The van der Waals surface area contributed by atoms with Crippen LogP contribution < -0.4 is 10.1 Å². The van der Waals surface area contributed by atoms with Crippen molar-refractivity contribution in [3.63, 3.8) is 0 Å². The Morgan fingerprint density at radius 2 is 2.15 bits per heavy atom. The molecular formula is C24H25N5O3S. The Morgan fingerprint density at radius 1 is 1.27 bits per heavy atom. The number of fused-ring (bicyclic) bond motifs is 1. The number of aromatic nitrogens is 3. The first-order valence-corrected chi connectivity index (χ1v) is 11.8. The molecule has 0 radical (unpaired) electrons. The van der Waals surface area contributed by atoms with Gasteiger partial charge in [0.2, 0.25) is 0 Å². The average molecular weight is 464 g/mol. The number of morpholine rings is 1. The summed E-state index contributed by atoms with van der Waals surface area (Å²) in [5.41, 5.74) is 3.87. The van der Waals surface area contributed by atoms with E-state index in [-0.39, 0.29) is 5.91 Å². The Kier molecular flexibility index (Phi) is 6.34. The molecule has 0 aliphatic carbocycles. The monoisotopic (exact) mass is 463 g/mol. The van der Waals surface area contributed by atoms with Crippen molar-refractivity contribution in [2.45, 2.75) is 6.92 Å². The van der Waals surface area contributed by atoms with Crippen molar-refractivity contribution in [1.29, 1.82) is 0 Å². The van der Waals surface area contributed by atoms with E-state index in [9.17, 15) is 4.79 Å². The lowest BCUT2D eigenvalue weighted by Gasteiger charge is -2.26. The van der Waals surface area contributed by atoms with Gasteiger partial charge in [0.05, 0.1) is 29.9 Å². The molecule has 2 aromatic carbocycles. The van der Waals surface area contributed by atoms with Gasteiger partial charge < -0.3 is 14.5 Å². The SMILES string of the molecule is Cc1ccc(OCCN2CCOCC2)c(-c2nc3c(C(=O)Nc4nccs4)cccc3[nH]2)c1. The van der Waals surface area contributed by atoms with Gasteiger partial charge in [-0.05, 0) is 31.2 Å². The number of aromatic amines is 1. The standard InChI is InChI=1S/C24H25N5O3S/c1-16-5-6-20(32-13-10-29-8-11-31-12-9-29)18(15-16)22-26-19-4-2-3-17(21(19)27-22)23(30)28-24-25-7-14-33-24/h2-7,14-15H,8-13H2,1H3,(H,26,27)(H,25,28,30). The van der Waals surface area contributed by atoms with E-state index in [0.29, 0.717) is 28.6 Å². The molecule has 33 heavy (non-hydrogen) atoms. The van der Waals surface area contributed by atoms with Crippen LogP contribution in [0.3, 0.4) is 0 Å². The molecule has 1 aliphatic rings. The number of imidazole rings is 1. The highest BCUT2D eigenvalue weighted by Gasteiger charge is 2.18. The van der Waals surface area contributed by atoms with Crippen LogP contribution in [0.2, 0.25) is 0 Å². The summed E-state index contributed by atoms with van der Waals surface area (Å²) in [6.45, 7) is 6.87. The molecular weight excluding hydrogens is 438 g/mol. The number of thiazole rings is 1. The summed E-state index contributed by atoms with van der Waals surface area (Å²) < 4.78 is 11.6. The second kappa shape index (κ2) is 9.70. The van der Waals surface area contributed by atoms with E-state index in [1.165, 1.54) is 11.3 Å². The summed E-state index contributed by atoms with van der Waals surface area (Å²) in [5, 5.41) is 5.21. The predicted octanol–water partition coefficient (Wildman–Crippen LogP) is 3.96. The van der Waals surface area contributed by atoms with Crippen LogP contribution in [0.4, 0.5) is 5.13 Å². The zero-order chi connectivity index (χ0) is 22.6. The van der Waals surface area contributed by atoms with Gasteiger partial charge in [0.25, 0.3) is 5.91 Å². The van der Waals surface area contributed by atoms with Gasteiger partial charge >= 0.3 is 0 Å². The Hall–Kier alpha value is -3.27. The highest BCUT2D eigenvalue weighted by molar-refractivity contribution is 7.13. The first-order chi connectivity index (χ1) is 16.2. The lowest BCUT2D eigenvalue weighted by molar-refractivity contribution is 0.0323. The number of hydrogen-bond donors (Lipinski definition) is 2. The molecule has 0 saturated carbocycles. The molecule has 1 aliphatic heterocycles. The summed E-state index contributed by atoms with van der Waals surface area (Å²) in [7, 11) is 0. The van der Waals surface area contributed by atoms with Crippen LogP contribution in [0.1, 0.15) is 15.9 Å². The molecule has 170 valence electrons. The number of carbonyl (C=O) groups is 1. The fraction of sp³-hybridized carbons (Fsp3) is 0.292. The van der Waals surface area contributed by atoms with E-state index >= 15 is 0 Å². The van der Waals surface area contributed by atoms with Gasteiger partial charge in [-0.1, -0.05) is 17.7 Å². The number of carbonyl (C=O) groups excluding carboxylic acids is 1. The maximum atomic E-state index is 12.8. The minimum atomic E-state index is -0.236. The second-order valence-electron chi connectivity index (χ2n) is 7.88. The third kappa shape index (κ3) is 4.90. The quantitative estimate of drug-likeness (QED) is 0.431. The molecule has 5 rings (SSSR count). The molecule has 1 saturated heterocycles. The molecule has 2 N–H and O–H groups in total. The molecule has 4 aromatic rings. The van der Waals surface area contributed by atoms with E-state index < -0.39 is 0 Å². The van der Waals surface area contributed by atoms with Gasteiger partial charge in [0.15, 0.2) is 5.13 Å². The summed E-state index contributed by atoms with van der Waals surface area (Å²) in [5.74, 6) is 1.20. The van der Waals surface area contributed by atoms with E-state index in [0.717, 1.165) is 55.2 Å². The van der Waals surface area contributed by atoms with Crippen molar-refractivity contribution in [1.82, 2.24) is 19.9 Å². The lowest BCUT2D eigenvalue weighted by Crippen LogP contribution is -2.38. The van der Waals surface area contributed by atoms with Crippen molar-refractivity contribution in [3.8, 4) is 17.1 Å². The first-order valence-electron chi connectivity index (χ1n) is 10.9. The molecule has 2 aromatic heterocycles. The van der Waals surface area contributed by atoms with E-state index in [4.69, 9.17) is 14.5 Å². The summed E-state index contributed by atoms with van der Waals surface area (Å²) >= 11 is 1.38. The number of nitrogens with zero attached hydrogens (tertiary/aromatic N) is 3. The minimum absolute atomic E-state index is 0.236. The number of anilines is 1. The Balaban J connectivity index is 1.40. The summed E-state index contributed by atoms with van der Waals surface area (Å²) in [4.78, 5) is 27.5. The highest BCUT2D eigenvalue weighted by Crippen LogP contribution is 2.31. The van der Waals surface area contributed by atoms with E-state index in [1.807, 2.05) is 36.6 Å². The number of nitrogens with one attached hydrogen (secondary N) is 2. The number of para-hydroxylation sites is 1. The topological polar surface area (TPSA) is 92.4 Å². The zero-order valence-electron chi connectivity index (χ0n) is 18.3. The fourth-order valence-corrected chi connectivity index (χ4v) is 4.38. The predicted molar refractivity (Wildman–Crippen MR) is 129 cm³/mol. The number of benzene rings is 2. The van der Waals surface area contributed by atoms with Crippen molar-refractivity contribution in [3.05, 3.63) is 59.1 Å². The number of H-pyrrole nitrogens is 1. The van der Waals surface area contributed by atoms with Crippen LogP contribution >= 0.6 is 11.3 Å². The summed E-state index contributed by atoms with van der Waals surface area (Å²) in [6, 6.07) is 11.6. The van der Waals surface area contributed by atoms with Crippen LogP contribution in [-0.4, -0.2) is 65.2 Å². The lowest BCUT2D eigenvalue weighted by atomic mass is 10.1. The first kappa shape index (κ1) is 21.6. The van der Waals surface area contributed by atoms with Crippen LogP contribution in [-0.2, 0) is 4.74 Å². The van der Waals surface area contributed by atoms with E-state index in [2.05, 4.69) is 26.3 Å². The van der Waals surface area contributed by atoms with Gasteiger partial charge in [0, 0.05) is 31.2 Å². The van der Waals surface area contributed by atoms with Crippen molar-refractivity contribution >= 4 is 33.4 Å². The van der Waals surface area contributed by atoms with Gasteiger partial charge in [-0.15, -0.1) is 11.3 Å². The molecule has 0 bridgehead atoms. The van der Waals surface area contributed by atoms with Crippen LogP contribution in [0.15, 0.2) is 48.0 Å². The fourth-order valence-electron chi connectivity index (χ4n) is 3.86. The molecule has 0 spiro atoms. The molecule has 8 nitrogen and oxygen atoms in total. The molecule has 3 heterocycles. The Morgan fingerprint density at radius 3 is 2.97 bits per heavy atom. The Bertz CT molecular complexity index is 1250. The van der Waals surface area contributed by atoms with Gasteiger partial charge in [0.1, 0.15) is 23.7 Å². The molecule has 9 heteroatoms. The number of amides is 1. The largest absolute Gasteiger partial charge is 0.491 e. The van der Waals surface area contributed by atoms with Crippen LogP contribution in [0, 0.1) is 6.92 Å². The highest BCUT2D eigenvalue weighted by atomic mass is 32.1. The van der Waals surface area contributed by atoms with Crippen molar-refractivity contribution in [2.24, 2.45) is 0 Å². The molecule has 1 amide bonds. The zero-order valence-corrected chi connectivity index (χ0v) is 19.2.